The number of rotatable bonds is 4. The Kier molecular flexibility index (Phi) is 4.28. The summed E-state index contributed by atoms with van der Waals surface area (Å²) in [5.41, 5.74) is 2.85. The van der Waals surface area contributed by atoms with Crippen molar-refractivity contribution in [3.8, 4) is 0 Å². The first-order valence-electron chi connectivity index (χ1n) is 8.25. The highest BCUT2D eigenvalue weighted by molar-refractivity contribution is 6.04. The average Bonchev–Trinajstić information content (AvgIpc) is 3.13. The molecule has 2 N–H and O–H groups in total. The maximum absolute atomic E-state index is 12.4. The van der Waals surface area contributed by atoms with Crippen LogP contribution >= 0.6 is 0 Å². The Morgan fingerprint density at radius 2 is 2.12 bits per heavy atom. The maximum atomic E-state index is 12.4. The summed E-state index contributed by atoms with van der Waals surface area (Å²) in [4.78, 5) is 16.6. The smallest absolute Gasteiger partial charge is 0.258 e. The lowest BCUT2D eigenvalue weighted by Gasteiger charge is -2.26. The molecule has 1 atom stereocenters. The topological polar surface area (TPSA) is 101 Å². The van der Waals surface area contributed by atoms with Gasteiger partial charge in [-0.05, 0) is 23.8 Å². The summed E-state index contributed by atoms with van der Waals surface area (Å²) in [7, 11) is 1.76. The van der Waals surface area contributed by atoms with Crippen LogP contribution in [-0.2, 0) is 13.5 Å². The van der Waals surface area contributed by atoms with Gasteiger partial charge in [0.05, 0.1) is 5.56 Å². The van der Waals surface area contributed by atoms with Crippen molar-refractivity contribution in [2.75, 3.05) is 5.32 Å². The number of H-pyrrole nitrogens is 1. The Balaban J connectivity index is 1.70. The molecule has 0 fully saturated rings. The maximum Gasteiger partial charge on any atom is 0.258 e. The fraction of sp³-hybridized carbons (Fsp3) is 0.471. The van der Waals surface area contributed by atoms with E-state index in [1.807, 2.05) is 6.07 Å². The van der Waals surface area contributed by atoms with E-state index in [2.05, 4.69) is 58.5 Å². The molecule has 0 saturated heterocycles. The van der Waals surface area contributed by atoms with Gasteiger partial charge in [-0.2, -0.15) is 5.10 Å². The van der Waals surface area contributed by atoms with Crippen LogP contribution in [0.5, 0.6) is 0 Å². The minimum atomic E-state index is -0.276. The van der Waals surface area contributed by atoms with E-state index in [-0.39, 0.29) is 11.3 Å². The number of pyridine rings is 1. The third kappa shape index (κ3) is 3.67. The lowest BCUT2D eigenvalue weighted by molar-refractivity contribution is 0.102. The molecule has 132 valence electrons. The van der Waals surface area contributed by atoms with Gasteiger partial charge in [0, 0.05) is 25.0 Å². The lowest BCUT2D eigenvalue weighted by atomic mass is 9.79. The molecule has 0 saturated carbocycles. The number of anilines is 1. The summed E-state index contributed by atoms with van der Waals surface area (Å²) >= 11 is 0. The Labute approximate surface area is 146 Å². The molecule has 1 amide bonds. The first-order chi connectivity index (χ1) is 11.7. The second-order valence-corrected chi connectivity index (χ2v) is 7.48. The highest BCUT2D eigenvalue weighted by Gasteiger charge is 2.21. The molecule has 0 aliphatic carbocycles. The number of amides is 1. The zero-order chi connectivity index (χ0) is 18.2. The molecule has 3 heterocycles. The summed E-state index contributed by atoms with van der Waals surface area (Å²) in [5, 5.41) is 17.8. The van der Waals surface area contributed by atoms with Gasteiger partial charge in [-0.25, -0.2) is 9.67 Å². The molecule has 3 aromatic heterocycles. The van der Waals surface area contributed by atoms with Crippen LogP contribution in [0.2, 0.25) is 0 Å². The summed E-state index contributed by atoms with van der Waals surface area (Å²) < 4.78 is 1.56. The van der Waals surface area contributed by atoms with E-state index in [0.717, 1.165) is 12.1 Å². The molecule has 25 heavy (non-hydrogen) atoms. The van der Waals surface area contributed by atoms with Crippen molar-refractivity contribution >= 4 is 22.9 Å². The lowest BCUT2D eigenvalue weighted by Crippen LogP contribution is -2.19. The van der Waals surface area contributed by atoms with E-state index >= 15 is 0 Å². The first-order valence-corrected chi connectivity index (χ1v) is 8.25. The number of hydrogen-bond donors (Lipinski definition) is 2. The molecule has 0 radical (unpaired) electrons. The number of aromatic nitrogens is 6. The molecule has 8 heteroatoms. The van der Waals surface area contributed by atoms with Crippen LogP contribution in [0.4, 0.5) is 5.82 Å². The zero-order valence-corrected chi connectivity index (χ0v) is 15.2. The van der Waals surface area contributed by atoms with Crippen molar-refractivity contribution < 1.29 is 4.79 Å². The second-order valence-electron chi connectivity index (χ2n) is 7.48. The van der Waals surface area contributed by atoms with Gasteiger partial charge in [-0.15, -0.1) is 5.10 Å². The third-order valence-electron chi connectivity index (χ3n) is 4.58. The quantitative estimate of drug-likeness (QED) is 0.759. The molecular formula is C17H23N7O. The van der Waals surface area contributed by atoms with E-state index in [9.17, 15) is 4.79 Å². The fourth-order valence-electron chi connectivity index (χ4n) is 2.41. The normalized spacial score (nSPS) is 13.2. The second kappa shape index (κ2) is 6.27. The van der Waals surface area contributed by atoms with E-state index < -0.39 is 0 Å². The van der Waals surface area contributed by atoms with Crippen LogP contribution in [0.1, 0.15) is 43.7 Å². The molecule has 3 rings (SSSR count). The van der Waals surface area contributed by atoms with Gasteiger partial charge in [-0.1, -0.05) is 32.9 Å². The molecule has 8 nitrogen and oxygen atoms in total. The van der Waals surface area contributed by atoms with Crippen LogP contribution in [0.25, 0.3) is 11.2 Å². The Morgan fingerprint density at radius 1 is 1.36 bits per heavy atom. The Hall–Kier alpha value is -2.77. The van der Waals surface area contributed by atoms with Crippen LogP contribution in [0, 0.1) is 11.3 Å². The molecule has 0 bridgehead atoms. The van der Waals surface area contributed by atoms with Crippen molar-refractivity contribution in [2.45, 2.75) is 34.1 Å². The number of carbonyl (C=O) groups excluding carboxylic acids is 1. The number of fused-ring (bicyclic) bond motifs is 1. The summed E-state index contributed by atoms with van der Waals surface area (Å²) in [6, 6.07) is 3.54. The first kappa shape index (κ1) is 17.1. The Bertz CT molecular complexity index is 903. The fourth-order valence-corrected chi connectivity index (χ4v) is 2.41. The number of carbonyl (C=O) groups is 1. The standard InChI is InChI=1S/C17H23N7O/c1-10(17(2,3)4)6-12-8-14(22-20-12)19-16(25)11-7-13-15(18-9-11)24(5)23-21-13/h7-10H,6H2,1-5H3,(H2,19,20,22,25)/t10-/m1/s1. The predicted octanol–water partition coefficient (Wildman–Crippen LogP) is 2.56. The third-order valence-corrected chi connectivity index (χ3v) is 4.58. The monoisotopic (exact) mass is 341 g/mol. The van der Waals surface area contributed by atoms with Gasteiger partial charge in [-0.3, -0.25) is 9.89 Å². The number of aryl methyl sites for hydroxylation is 1. The van der Waals surface area contributed by atoms with Crippen LogP contribution in [0.3, 0.4) is 0 Å². The molecule has 0 spiro atoms. The molecule has 0 aliphatic rings. The molecular weight excluding hydrogens is 318 g/mol. The predicted molar refractivity (Wildman–Crippen MR) is 95.2 cm³/mol. The van der Waals surface area contributed by atoms with Gasteiger partial charge in [0.15, 0.2) is 11.5 Å². The SMILES string of the molecule is C[C@H](Cc1cc(NC(=O)c2cnc3c(c2)nnn3C)n[nH]1)C(C)(C)C. The van der Waals surface area contributed by atoms with Gasteiger partial charge in [0.2, 0.25) is 0 Å². The van der Waals surface area contributed by atoms with E-state index in [1.165, 1.54) is 6.20 Å². The minimum Gasteiger partial charge on any atom is -0.305 e. The van der Waals surface area contributed by atoms with Crippen molar-refractivity contribution in [3.63, 3.8) is 0 Å². The van der Waals surface area contributed by atoms with E-state index in [0.29, 0.717) is 28.5 Å². The van der Waals surface area contributed by atoms with Crippen LogP contribution < -0.4 is 5.32 Å². The zero-order valence-electron chi connectivity index (χ0n) is 15.2. The number of hydrogen-bond acceptors (Lipinski definition) is 5. The Morgan fingerprint density at radius 3 is 2.84 bits per heavy atom. The highest BCUT2D eigenvalue weighted by Crippen LogP contribution is 2.28. The number of nitrogens with one attached hydrogen (secondary N) is 2. The average molecular weight is 341 g/mol. The van der Waals surface area contributed by atoms with E-state index in [1.54, 1.807) is 17.8 Å². The molecule has 0 aliphatic heterocycles. The van der Waals surface area contributed by atoms with Crippen molar-refractivity contribution in [2.24, 2.45) is 18.4 Å². The largest absolute Gasteiger partial charge is 0.305 e. The van der Waals surface area contributed by atoms with Crippen LogP contribution in [0.15, 0.2) is 18.3 Å². The number of aromatic amines is 1. The van der Waals surface area contributed by atoms with Gasteiger partial charge >= 0.3 is 0 Å². The van der Waals surface area contributed by atoms with Crippen molar-refractivity contribution in [1.29, 1.82) is 0 Å². The molecule has 3 aromatic rings. The summed E-state index contributed by atoms with van der Waals surface area (Å²) in [6.07, 6.45) is 2.38. The van der Waals surface area contributed by atoms with Crippen molar-refractivity contribution in [1.82, 2.24) is 30.2 Å². The summed E-state index contributed by atoms with van der Waals surface area (Å²) in [6.45, 7) is 8.85. The van der Waals surface area contributed by atoms with Gasteiger partial charge < -0.3 is 5.32 Å². The van der Waals surface area contributed by atoms with Crippen LogP contribution in [-0.4, -0.2) is 36.1 Å². The van der Waals surface area contributed by atoms with E-state index in [4.69, 9.17) is 0 Å². The van der Waals surface area contributed by atoms with Gasteiger partial charge in [0.1, 0.15) is 5.52 Å². The molecule has 0 aromatic carbocycles. The van der Waals surface area contributed by atoms with Crippen molar-refractivity contribution in [3.05, 3.63) is 29.6 Å². The summed E-state index contributed by atoms with van der Waals surface area (Å²) in [5.74, 6) is 0.710. The highest BCUT2D eigenvalue weighted by atomic mass is 16.1. The minimum absolute atomic E-state index is 0.215. The number of nitrogens with zero attached hydrogens (tertiary/aromatic N) is 5. The van der Waals surface area contributed by atoms with Gasteiger partial charge in [0.25, 0.3) is 5.91 Å². The molecule has 0 unspecified atom stereocenters.